The van der Waals surface area contributed by atoms with Gasteiger partial charge in [0.05, 0.1) is 0 Å². The Bertz CT molecular complexity index is 264. The molecule has 19 heavy (non-hydrogen) atoms. The standard InChI is InChI=1S/C15H28O4/c1-14(2,3)18-12(16)10-8-7-9-11-13(17)19-15(4,5)6/h7-11H2,1-6H3. The van der Waals surface area contributed by atoms with Crippen molar-refractivity contribution in [1.29, 1.82) is 0 Å². The molecule has 0 aliphatic carbocycles. The topological polar surface area (TPSA) is 52.6 Å². The van der Waals surface area contributed by atoms with Crippen molar-refractivity contribution < 1.29 is 19.1 Å². The highest BCUT2D eigenvalue weighted by atomic mass is 16.6. The van der Waals surface area contributed by atoms with Crippen LogP contribution in [0.25, 0.3) is 0 Å². The zero-order chi connectivity index (χ0) is 15.1. The molecule has 112 valence electrons. The maximum atomic E-state index is 11.4. The van der Waals surface area contributed by atoms with Gasteiger partial charge in [0, 0.05) is 12.8 Å². The van der Waals surface area contributed by atoms with E-state index in [-0.39, 0.29) is 11.9 Å². The van der Waals surface area contributed by atoms with E-state index >= 15 is 0 Å². The fourth-order valence-electron chi connectivity index (χ4n) is 1.50. The molecule has 4 nitrogen and oxygen atoms in total. The maximum Gasteiger partial charge on any atom is 0.306 e. The maximum absolute atomic E-state index is 11.4. The Morgan fingerprint density at radius 2 is 1.00 bits per heavy atom. The van der Waals surface area contributed by atoms with E-state index in [1.165, 1.54) is 0 Å². The molecule has 0 unspecified atom stereocenters. The molecular formula is C15H28O4. The summed E-state index contributed by atoms with van der Waals surface area (Å²) in [5, 5.41) is 0. The summed E-state index contributed by atoms with van der Waals surface area (Å²) in [4.78, 5) is 22.9. The molecule has 0 radical (unpaired) electrons. The predicted octanol–water partition coefficient (Wildman–Crippen LogP) is 3.62. The molecule has 0 heterocycles. The van der Waals surface area contributed by atoms with Crippen LogP contribution in [0.3, 0.4) is 0 Å². The number of ether oxygens (including phenoxy) is 2. The largest absolute Gasteiger partial charge is 0.460 e. The van der Waals surface area contributed by atoms with Crippen LogP contribution in [0.2, 0.25) is 0 Å². The van der Waals surface area contributed by atoms with E-state index in [4.69, 9.17) is 9.47 Å². The number of rotatable bonds is 6. The Morgan fingerprint density at radius 1 is 0.684 bits per heavy atom. The van der Waals surface area contributed by atoms with Gasteiger partial charge in [-0.25, -0.2) is 0 Å². The van der Waals surface area contributed by atoms with E-state index < -0.39 is 11.2 Å². The van der Waals surface area contributed by atoms with Gasteiger partial charge >= 0.3 is 11.9 Å². The van der Waals surface area contributed by atoms with Crippen molar-refractivity contribution in [2.24, 2.45) is 0 Å². The predicted molar refractivity (Wildman–Crippen MR) is 74.8 cm³/mol. The third kappa shape index (κ3) is 13.2. The number of carbonyl (C=O) groups excluding carboxylic acids is 2. The highest BCUT2D eigenvalue weighted by Gasteiger charge is 2.17. The average Bonchev–Trinajstić information content (AvgIpc) is 2.10. The lowest BCUT2D eigenvalue weighted by Crippen LogP contribution is -2.24. The van der Waals surface area contributed by atoms with Gasteiger partial charge in [-0.05, 0) is 54.4 Å². The molecule has 4 heteroatoms. The summed E-state index contributed by atoms with van der Waals surface area (Å²) >= 11 is 0. The number of carbonyl (C=O) groups is 2. The van der Waals surface area contributed by atoms with E-state index in [2.05, 4.69) is 0 Å². The van der Waals surface area contributed by atoms with Crippen LogP contribution in [0, 0.1) is 0 Å². The van der Waals surface area contributed by atoms with Crippen molar-refractivity contribution in [1.82, 2.24) is 0 Å². The lowest BCUT2D eigenvalue weighted by Gasteiger charge is -2.19. The summed E-state index contributed by atoms with van der Waals surface area (Å²) in [6, 6.07) is 0. The third-order valence-electron chi connectivity index (χ3n) is 2.10. The molecule has 0 aromatic rings. The minimum absolute atomic E-state index is 0.176. The highest BCUT2D eigenvalue weighted by Crippen LogP contribution is 2.13. The number of hydrogen-bond donors (Lipinski definition) is 0. The van der Waals surface area contributed by atoms with Gasteiger partial charge in [-0.3, -0.25) is 9.59 Å². The van der Waals surface area contributed by atoms with Crippen LogP contribution in [0.5, 0.6) is 0 Å². The molecule has 0 atom stereocenters. The van der Waals surface area contributed by atoms with Crippen LogP contribution in [-0.4, -0.2) is 23.1 Å². The summed E-state index contributed by atoms with van der Waals surface area (Å²) in [7, 11) is 0. The molecule has 0 aromatic carbocycles. The Hall–Kier alpha value is -1.06. The van der Waals surface area contributed by atoms with Crippen LogP contribution in [0.4, 0.5) is 0 Å². The zero-order valence-electron chi connectivity index (χ0n) is 13.2. The summed E-state index contributed by atoms with van der Waals surface area (Å²) < 4.78 is 10.4. The van der Waals surface area contributed by atoms with Crippen molar-refractivity contribution in [3.8, 4) is 0 Å². The quantitative estimate of drug-likeness (QED) is 0.547. The van der Waals surface area contributed by atoms with Gasteiger partial charge in [-0.1, -0.05) is 6.42 Å². The SMILES string of the molecule is CC(C)(C)OC(=O)CCCCCC(=O)OC(C)(C)C. The minimum atomic E-state index is -0.423. The molecule has 0 rings (SSSR count). The highest BCUT2D eigenvalue weighted by molar-refractivity contribution is 5.70. The molecule has 0 bridgehead atoms. The molecule has 0 aliphatic rings. The van der Waals surface area contributed by atoms with Gasteiger partial charge in [0.25, 0.3) is 0 Å². The zero-order valence-corrected chi connectivity index (χ0v) is 13.2. The Balaban J connectivity index is 3.61. The second-order valence-electron chi connectivity index (χ2n) is 6.73. The first-order chi connectivity index (χ1) is 8.49. The van der Waals surface area contributed by atoms with E-state index in [1.807, 2.05) is 41.5 Å². The molecule has 0 saturated carbocycles. The molecular weight excluding hydrogens is 244 g/mol. The lowest BCUT2D eigenvalue weighted by atomic mass is 10.1. The van der Waals surface area contributed by atoms with Crippen LogP contribution in [-0.2, 0) is 19.1 Å². The van der Waals surface area contributed by atoms with Gasteiger partial charge in [0.1, 0.15) is 11.2 Å². The summed E-state index contributed by atoms with van der Waals surface area (Å²) in [5.41, 5.74) is -0.846. The molecule has 0 N–H and O–H groups in total. The van der Waals surface area contributed by atoms with E-state index in [1.54, 1.807) is 0 Å². The first-order valence-corrected chi connectivity index (χ1v) is 6.93. The average molecular weight is 272 g/mol. The van der Waals surface area contributed by atoms with Crippen molar-refractivity contribution in [3.63, 3.8) is 0 Å². The monoisotopic (exact) mass is 272 g/mol. The van der Waals surface area contributed by atoms with Crippen LogP contribution in [0.1, 0.15) is 73.6 Å². The molecule has 0 aromatic heterocycles. The van der Waals surface area contributed by atoms with Crippen molar-refractivity contribution in [3.05, 3.63) is 0 Å². The summed E-state index contributed by atoms with van der Waals surface area (Å²) in [6.07, 6.45) is 3.14. The van der Waals surface area contributed by atoms with Crippen molar-refractivity contribution in [2.45, 2.75) is 84.8 Å². The molecule has 0 aliphatic heterocycles. The van der Waals surface area contributed by atoms with E-state index in [0.717, 1.165) is 19.3 Å². The molecule has 0 spiro atoms. The Labute approximate surface area is 116 Å². The fourth-order valence-corrected chi connectivity index (χ4v) is 1.50. The summed E-state index contributed by atoms with van der Waals surface area (Å²) in [5.74, 6) is -0.352. The Kier molecular flexibility index (Phi) is 7.09. The number of hydrogen-bond acceptors (Lipinski definition) is 4. The van der Waals surface area contributed by atoms with Gasteiger partial charge < -0.3 is 9.47 Å². The smallest absolute Gasteiger partial charge is 0.306 e. The first-order valence-electron chi connectivity index (χ1n) is 6.93. The molecule has 0 amide bonds. The third-order valence-corrected chi connectivity index (χ3v) is 2.10. The molecule has 0 saturated heterocycles. The van der Waals surface area contributed by atoms with Gasteiger partial charge in [-0.15, -0.1) is 0 Å². The van der Waals surface area contributed by atoms with Gasteiger partial charge in [-0.2, -0.15) is 0 Å². The first kappa shape index (κ1) is 17.9. The minimum Gasteiger partial charge on any atom is -0.460 e. The van der Waals surface area contributed by atoms with E-state index in [9.17, 15) is 9.59 Å². The lowest BCUT2D eigenvalue weighted by molar-refractivity contribution is -0.155. The van der Waals surface area contributed by atoms with Gasteiger partial charge in [0.2, 0.25) is 0 Å². The normalized spacial score (nSPS) is 12.1. The van der Waals surface area contributed by atoms with E-state index in [0.29, 0.717) is 12.8 Å². The van der Waals surface area contributed by atoms with Crippen LogP contribution < -0.4 is 0 Å². The van der Waals surface area contributed by atoms with Crippen LogP contribution >= 0.6 is 0 Å². The Morgan fingerprint density at radius 3 is 1.26 bits per heavy atom. The van der Waals surface area contributed by atoms with Gasteiger partial charge in [0.15, 0.2) is 0 Å². The number of esters is 2. The fraction of sp³-hybridized carbons (Fsp3) is 0.867. The van der Waals surface area contributed by atoms with Crippen molar-refractivity contribution >= 4 is 11.9 Å². The van der Waals surface area contributed by atoms with Crippen LogP contribution in [0.15, 0.2) is 0 Å². The number of unbranched alkanes of at least 4 members (excludes halogenated alkanes) is 2. The van der Waals surface area contributed by atoms with Crippen molar-refractivity contribution in [2.75, 3.05) is 0 Å². The summed E-state index contributed by atoms with van der Waals surface area (Å²) in [6.45, 7) is 11.1. The molecule has 0 fully saturated rings. The second-order valence-corrected chi connectivity index (χ2v) is 6.73. The second kappa shape index (κ2) is 7.51.